The van der Waals surface area contributed by atoms with Crippen molar-refractivity contribution in [1.82, 2.24) is 0 Å². The highest BCUT2D eigenvalue weighted by Crippen LogP contribution is 2.34. The molecule has 1 unspecified atom stereocenters. The van der Waals surface area contributed by atoms with Gasteiger partial charge in [-0.05, 0) is 30.2 Å². The lowest BCUT2D eigenvalue weighted by atomic mass is 10.0. The van der Waals surface area contributed by atoms with Crippen LogP contribution in [0.3, 0.4) is 0 Å². The molecule has 0 saturated heterocycles. The number of rotatable bonds is 4. The number of halogens is 3. The van der Waals surface area contributed by atoms with Gasteiger partial charge in [0.15, 0.2) is 0 Å². The lowest BCUT2D eigenvalue weighted by Crippen LogP contribution is -2.16. The van der Waals surface area contributed by atoms with Crippen molar-refractivity contribution in [3.8, 4) is 5.75 Å². The Labute approximate surface area is 120 Å². The average molecular weight is 296 g/mol. The van der Waals surface area contributed by atoms with Crippen LogP contribution >= 0.6 is 0 Å². The summed E-state index contributed by atoms with van der Waals surface area (Å²) in [5.74, 6) is 0.543. The van der Waals surface area contributed by atoms with E-state index < -0.39 is 17.8 Å². The number of aliphatic hydroxyl groups excluding tert-OH is 1. The van der Waals surface area contributed by atoms with E-state index >= 15 is 0 Å². The van der Waals surface area contributed by atoms with Gasteiger partial charge in [0.2, 0.25) is 0 Å². The molecule has 0 aliphatic carbocycles. The Bertz CT molecular complexity index is 608. The van der Waals surface area contributed by atoms with Crippen molar-refractivity contribution in [3.63, 3.8) is 0 Å². The summed E-state index contributed by atoms with van der Waals surface area (Å²) in [5, 5.41) is 9.99. The Hall–Kier alpha value is -2.01. The van der Waals surface area contributed by atoms with Gasteiger partial charge < -0.3 is 9.84 Å². The van der Waals surface area contributed by atoms with E-state index in [1.807, 2.05) is 19.1 Å². The fraction of sp³-hybridized carbons (Fsp3) is 0.250. The molecule has 21 heavy (non-hydrogen) atoms. The molecule has 0 fully saturated rings. The molecule has 0 aromatic heterocycles. The average Bonchev–Trinajstić information content (AvgIpc) is 2.45. The summed E-state index contributed by atoms with van der Waals surface area (Å²) >= 11 is 0. The minimum absolute atomic E-state index is 0.182. The highest BCUT2D eigenvalue weighted by molar-refractivity contribution is 5.33. The molecular weight excluding hydrogens is 281 g/mol. The topological polar surface area (TPSA) is 29.5 Å². The van der Waals surface area contributed by atoms with E-state index in [4.69, 9.17) is 4.74 Å². The maximum atomic E-state index is 12.9. The highest BCUT2D eigenvalue weighted by atomic mass is 19.4. The van der Waals surface area contributed by atoms with Crippen LogP contribution in [0.1, 0.15) is 22.8 Å². The maximum absolute atomic E-state index is 12.9. The van der Waals surface area contributed by atoms with Crippen molar-refractivity contribution >= 4 is 0 Å². The summed E-state index contributed by atoms with van der Waals surface area (Å²) < 4.78 is 44.1. The third-order valence-corrected chi connectivity index (χ3v) is 3.12. The van der Waals surface area contributed by atoms with E-state index in [0.717, 1.165) is 11.6 Å². The van der Waals surface area contributed by atoms with Crippen LogP contribution in [0.25, 0.3) is 0 Å². The Balaban J connectivity index is 2.15. The van der Waals surface area contributed by atoms with Gasteiger partial charge in [-0.1, -0.05) is 36.4 Å². The largest absolute Gasteiger partial charge is 0.490 e. The zero-order valence-electron chi connectivity index (χ0n) is 11.4. The number of para-hydroxylation sites is 1. The Morgan fingerprint density at radius 2 is 1.67 bits per heavy atom. The molecule has 5 heteroatoms. The van der Waals surface area contributed by atoms with Gasteiger partial charge in [-0.3, -0.25) is 0 Å². The van der Waals surface area contributed by atoms with E-state index in [9.17, 15) is 18.3 Å². The first-order valence-corrected chi connectivity index (χ1v) is 6.42. The number of hydrogen-bond donors (Lipinski definition) is 1. The molecule has 1 N–H and O–H groups in total. The normalized spacial score (nSPS) is 13.0. The third kappa shape index (κ3) is 3.76. The zero-order valence-corrected chi connectivity index (χ0v) is 11.4. The second-order valence-electron chi connectivity index (χ2n) is 4.68. The standard InChI is InChI=1S/C16H15F3O2/c1-11-6-2-5-9-15(11)21-10-14(20)12-7-3-4-8-13(12)16(17,18)19/h2-9,14,20H,10H2,1H3. The SMILES string of the molecule is Cc1ccccc1OCC(O)c1ccccc1C(F)(F)F. The molecule has 2 nitrogen and oxygen atoms in total. The van der Waals surface area contributed by atoms with Crippen molar-refractivity contribution < 1.29 is 23.0 Å². The second-order valence-corrected chi connectivity index (χ2v) is 4.68. The van der Waals surface area contributed by atoms with Crippen LogP contribution in [0.5, 0.6) is 5.75 Å². The maximum Gasteiger partial charge on any atom is 0.416 e. The van der Waals surface area contributed by atoms with Crippen LogP contribution in [0, 0.1) is 6.92 Å². The van der Waals surface area contributed by atoms with E-state index in [2.05, 4.69) is 0 Å². The lowest BCUT2D eigenvalue weighted by Gasteiger charge is -2.18. The molecule has 0 heterocycles. The van der Waals surface area contributed by atoms with E-state index in [-0.39, 0.29) is 12.2 Å². The summed E-state index contributed by atoms with van der Waals surface area (Å²) in [6, 6.07) is 12.1. The molecule has 0 radical (unpaired) electrons. The number of ether oxygens (including phenoxy) is 1. The minimum atomic E-state index is -4.50. The first-order valence-electron chi connectivity index (χ1n) is 6.42. The van der Waals surface area contributed by atoms with Crippen LogP contribution in [0.2, 0.25) is 0 Å². The third-order valence-electron chi connectivity index (χ3n) is 3.12. The predicted molar refractivity (Wildman–Crippen MR) is 73.1 cm³/mol. The van der Waals surface area contributed by atoms with Crippen LogP contribution in [0.15, 0.2) is 48.5 Å². The summed E-state index contributed by atoms with van der Waals surface area (Å²) in [7, 11) is 0. The molecule has 0 bridgehead atoms. The Kier molecular flexibility index (Phi) is 4.53. The monoisotopic (exact) mass is 296 g/mol. The van der Waals surface area contributed by atoms with Gasteiger partial charge >= 0.3 is 6.18 Å². The Morgan fingerprint density at radius 1 is 1.05 bits per heavy atom. The smallest absolute Gasteiger partial charge is 0.416 e. The number of hydrogen-bond acceptors (Lipinski definition) is 2. The van der Waals surface area contributed by atoms with Crippen molar-refractivity contribution in [2.24, 2.45) is 0 Å². The molecule has 0 saturated carbocycles. The van der Waals surface area contributed by atoms with Crippen molar-refractivity contribution in [2.45, 2.75) is 19.2 Å². The molecule has 0 amide bonds. The van der Waals surface area contributed by atoms with Gasteiger partial charge in [0.05, 0.1) is 5.56 Å². The van der Waals surface area contributed by atoms with Gasteiger partial charge in [0.25, 0.3) is 0 Å². The highest BCUT2D eigenvalue weighted by Gasteiger charge is 2.34. The summed E-state index contributed by atoms with van der Waals surface area (Å²) in [6.07, 6.45) is -5.84. The van der Waals surface area contributed by atoms with Gasteiger partial charge in [0.1, 0.15) is 18.5 Å². The van der Waals surface area contributed by atoms with Gasteiger partial charge in [-0.15, -0.1) is 0 Å². The van der Waals surface area contributed by atoms with E-state index in [1.165, 1.54) is 18.2 Å². The summed E-state index contributed by atoms with van der Waals surface area (Å²) in [6.45, 7) is 1.59. The van der Waals surface area contributed by atoms with Gasteiger partial charge in [-0.25, -0.2) is 0 Å². The van der Waals surface area contributed by atoms with Crippen molar-refractivity contribution in [3.05, 3.63) is 65.2 Å². The molecule has 2 rings (SSSR count). The number of aryl methyl sites for hydroxylation is 1. The molecule has 112 valence electrons. The molecule has 2 aromatic carbocycles. The van der Waals surface area contributed by atoms with Gasteiger partial charge in [-0.2, -0.15) is 13.2 Å². The number of alkyl halides is 3. The quantitative estimate of drug-likeness (QED) is 0.919. The van der Waals surface area contributed by atoms with E-state index in [0.29, 0.717) is 5.75 Å². The Morgan fingerprint density at radius 3 is 2.33 bits per heavy atom. The first-order chi connectivity index (χ1) is 9.89. The molecule has 0 aliphatic rings. The molecule has 1 atom stereocenters. The second kappa shape index (κ2) is 6.18. The van der Waals surface area contributed by atoms with Crippen LogP contribution in [-0.2, 0) is 6.18 Å². The molecule has 0 aliphatic heterocycles. The number of aliphatic hydroxyl groups is 1. The van der Waals surface area contributed by atoms with Crippen molar-refractivity contribution in [2.75, 3.05) is 6.61 Å². The van der Waals surface area contributed by atoms with E-state index in [1.54, 1.807) is 12.1 Å². The van der Waals surface area contributed by atoms with Crippen molar-refractivity contribution in [1.29, 1.82) is 0 Å². The lowest BCUT2D eigenvalue weighted by molar-refractivity contribution is -0.139. The zero-order chi connectivity index (χ0) is 15.5. The number of benzene rings is 2. The van der Waals surface area contributed by atoms with Gasteiger partial charge in [0, 0.05) is 0 Å². The van der Waals surface area contributed by atoms with Crippen LogP contribution in [-0.4, -0.2) is 11.7 Å². The molecular formula is C16H15F3O2. The first kappa shape index (κ1) is 15.4. The van der Waals surface area contributed by atoms with Crippen LogP contribution < -0.4 is 4.74 Å². The molecule has 0 spiro atoms. The summed E-state index contributed by atoms with van der Waals surface area (Å²) in [4.78, 5) is 0. The fourth-order valence-electron chi connectivity index (χ4n) is 2.02. The van der Waals surface area contributed by atoms with Crippen LogP contribution in [0.4, 0.5) is 13.2 Å². The molecule has 2 aromatic rings. The fourth-order valence-corrected chi connectivity index (χ4v) is 2.02. The summed E-state index contributed by atoms with van der Waals surface area (Å²) in [5.41, 5.74) is -0.168. The predicted octanol–water partition coefficient (Wildman–Crippen LogP) is 4.13. The minimum Gasteiger partial charge on any atom is -0.490 e.